The molecule has 1 aromatic heterocycles. The highest BCUT2D eigenvalue weighted by atomic mass is 32.2. The topological polar surface area (TPSA) is 96.7 Å². The Morgan fingerprint density at radius 3 is 2.71 bits per heavy atom. The number of nitriles is 1. The van der Waals surface area contributed by atoms with E-state index in [1.54, 1.807) is 6.92 Å². The van der Waals surface area contributed by atoms with Crippen LogP contribution in [0.3, 0.4) is 0 Å². The van der Waals surface area contributed by atoms with Crippen molar-refractivity contribution in [1.29, 1.82) is 5.26 Å². The van der Waals surface area contributed by atoms with Gasteiger partial charge in [-0.2, -0.15) is 9.57 Å². The molecule has 116 valence electrons. The number of rotatable bonds is 8. The SMILES string of the molecule is CCOC(=O)CN(CCOC)S(=O)(=O)c1ccc(C#N)s1. The molecule has 0 fully saturated rings. The van der Waals surface area contributed by atoms with E-state index < -0.39 is 16.0 Å². The average molecular weight is 332 g/mol. The summed E-state index contributed by atoms with van der Waals surface area (Å²) < 4.78 is 35.6. The van der Waals surface area contributed by atoms with Gasteiger partial charge in [0.25, 0.3) is 10.0 Å². The van der Waals surface area contributed by atoms with Crippen LogP contribution in [0.1, 0.15) is 11.8 Å². The van der Waals surface area contributed by atoms with Gasteiger partial charge >= 0.3 is 5.97 Å². The first kappa shape index (κ1) is 17.6. The van der Waals surface area contributed by atoms with Crippen LogP contribution in [0.15, 0.2) is 16.3 Å². The first-order valence-corrected chi connectivity index (χ1v) is 8.36. The first-order chi connectivity index (χ1) is 9.95. The Bertz CT molecular complexity index is 618. The van der Waals surface area contributed by atoms with E-state index in [-0.39, 0.29) is 35.4 Å². The molecule has 21 heavy (non-hydrogen) atoms. The zero-order valence-corrected chi connectivity index (χ0v) is 13.4. The monoisotopic (exact) mass is 332 g/mol. The average Bonchev–Trinajstić information content (AvgIpc) is 2.93. The highest BCUT2D eigenvalue weighted by Crippen LogP contribution is 2.24. The molecule has 0 unspecified atom stereocenters. The van der Waals surface area contributed by atoms with Gasteiger partial charge in [0, 0.05) is 13.7 Å². The molecule has 0 saturated heterocycles. The number of thiophene rings is 1. The van der Waals surface area contributed by atoms with E-state index in [4.69, 9.17) is 14.7 Å². The van der Waals surface area contributed by atoms with E-state index in [1.807, 2.05) is 6.07 Å². The summed E-state index contributed by atoms with van der Waals surface area (Å²) in [6, 6.07) is 4.66. The number of nitrogens with zero attached hydrogens (tertiary/aromatic N) is 2. The lowest BCUT2D eigenvalue weighted by molar-refractivity contribution is -0.143. The predicted molar refractivity (Wildman–Crippen MR) is 76.3 cm³/mol. The van der Waals surface area contributed by atoms with Crippen LogP contribution in [0.2, 0.25) is 0 Å². The molecule has 9 heteroatoms. The fraction of sp³-hybridized carbons (Fsp3) is 0.500. The van der Waals surface area contributed by atoms with Gasteiger partial charge in [0.05, 0.1) is 13.2 Å². The van der Waals surface area contributed by atoms with Crippen molar-refractivity contribution in [3.8, 4) is 6.07 Å². The molecule has 1 rings (SSSR count). The summed E-state index contributed by atoms with van der Waals surface area (Å²) in [6.45, 7) is 1.60. The number of hydrogen-bond acceptors (Lipinski definition) is 7. The molecule has 1 aromatic rings. The zero-order chi connectivity index (χ0) is 15.9. The van der Waals surface area contributed by atoms with Gasteiger partial charge in [0.15, 0.2) is 0 Å². The highest BCUT2D eigenvalue weighted by molar-refractivity contribution is 7.91. The molecule has 1 heterocycles. The van der Waals surface area contributed by atoms with Crippen LogP contribution >= 0.6 is 11.3 Å². The number of carbonyl (C=O) groups excluding carboxylic acids is 1. The minimum atomic E-state index is -3.86. The van der Waals surface area contributed by atoms with Crippen LogP contribution in [-0.4, -0.2) is 52.1 Å². The van der Waals surface area contributed by atoms with Gasteiger partial charge in [-0.05, 0) is 19.1 Å². The molecular formula is C12H16N2O5S2. The number of esters is 1. The molecule has 0 radical (unpaired) electrons. The maximum Gasteiger partial charge on any atom is 0.321 e. The second-order valence-electron chi connectivity index (χ2n) is 3.87. The van der Waals surface area contributed by atoms with Crippen molar-refractivity contribution in [2.45, 2.75) is 11.1 Å². The molecule has 0 aliphatic rings. The number of carbonyl (C=O) groups is 1. The third-order valence-electron chi connectivity index (χ3n) is 2.44. The van der Waals surface area contributed by atoms with Crippen LogP contribution in [0.5, 0.6) is 0 Å². The van der Waals surface area contributed by atoms with E-state index in [0.29, 0.717) is 0 Å². The molecule has 0 spiro atoms. The van der Waals surface area contributed by atoms with Crippen molar-refractivity contribution < 1.29 is 22.7 Å². The maximum atomic E-state index is 12.5. The molecule has 0 amide bonds. The van der Waals surface area contributed by atoms with Gasteiger partial charge in [-0.1, -0.05) is 0 Å². The lowest BCUT2D eigenvalue weighted by Gasteiger charge is -2.19. The van der Waals surface area contributed by atoms with Crippen molar-refractivity contribution in [2.75, 3.05) is 33.4 Å². The van der Waals surface area contributed by atoms with Crippen molar-refractivity contribution >= 4 is 27.3 Å². The van der Waals surface area contributed by atoms with Crippen LogP contribution in [0.25, 0.3) is 0 Å². The first-order valence-electron chi connectivity index (χ1n) is 6.10. The van der Waals surface area contributed by atoms with Crippen LogP contribution in [-0.2, 0) is 24.3 Å². The number of methoxy groups -OCH3 is 1. The Labute approximate surface area is 127 Å². The third kappa shape index (κ3) is 4.78. The molecule has 0 aliphatic carbocycles. The van der Waals surface area contributed by atoms with Gasteiger partial charge in [-0.3, -0.25) is 4.79 Å². The van der Waals surface area contributed by atoms with Gasteiger partial charge in [0.1, 0.15) is 21.7 Å². The summed E-state index contributed by atoms with van der Waals surface area (Å²) >= 11 is 0.858. The summed E-state index contributed by atoms with van der Waals surface area (Å²) in [5.41, 5.74) is 0. The van der Waals surface area contributed by atoms with Crippen LogP contribution < -0.4 is 0 Å². The van der Waals surface area contributed by atoms with Crippen molar-refractivity contribution in [3.63, 3.8) is 0 Å². The van der Waals surface area contributed by atoms with E-state index in [9.17, 15) is 13.2 Å². The quantitative estimate of drug-likeness (QED) is 0.654. The summed E-state index contributed by atoms with van der Waals surface area (Å²) in [7, 11) is -2.42. The molecular weight excluding hydrogens is 316 g/mol. The normalized spacial score (nSPS) is 11.3. The van der Waals surface area contributed by atoms with E-state index in [1.165, 1.54) is 19.2 Å². The molecule has 0 atom stereocenters. The second-order valence-corrected chi connectivity index (χ2v) is 7.12. The maximum absolute atomic E-state index is 12.5. The lowest BCUT2D eigenvalue weighted by Crippen LogP contribution is -2.38. The molecule has 7 nitrogen and oxygen atoms in total. The minimum absolute atomic E-state index is 0.0134. The summed E-state index contributed by atoms with van der Waals surface area (Å²) in [4.78, 5) is 11.8. The van der Waals surface area contributed by atoms with E-state index >= 15 is 0 Å². The number of ether oxygens (including phenoxy) is 2. The lowest BCUT2D eigenvalue weighted by atomic mass is 10.5. The standard InChI is InChI=1S/C12H16N2O5S2/c1-3-19-11(15)9-14(6-7-18-2)21(16,17)12-5-4-10(8-13)20-12/h4-5H,3,6-7,9H2,1-2H3. The minimum Gasteiger partial charge on any atom is -0.465 e. The van der Waals surface area contributed by atoms with Crippen molar-refractivity contribution in [3.05, 3.63) is 17.0 Å². The van der Waals surface area contributed by atoms with Crippen LogP contribution in [0.4, 0.5) is 0 Å². The number of hydrogen-bond donors (Lipinski definition) is 0. The predicted octanol–water partition coefficient (Wildman–Crippen LogP) is 0.820. The van der Waals surface area contributed by atoms with Crippen molar-refractivity contribution in [1.82, 2.24) is 4.31 Å². The van der Waals surface area contributed by atoms with E-state index in [2.05, 4.69) is 0 Å². The molecule has 0 saturated carbocycles. The summed E-state index contributed by atoms with van der Waals surface area (Å²) in [5, 5.41) is 8.77. The zero-order valence-electron chi connectivity index (χ0n) is 11.7. The van der Waals surface area contributed by atoms with E-state index in [0.717, 1.165) is 15.6 Å². The fourth-order valence-electron chi connectivity index (χ4n) is 1.47. The Hall–Kier alpha value is -1.47. The Morgan fingerprint density at radius 2 is 2.19 bits per heavy atom. The molecule has 0 aromatic carbocycles. The fourth-order valence-corrected chi connectivity index (χ4v) is 4.10. The Kier molecular flexibility index (Phi) is 6.77. The largest absolute Gasteiger partial charge is 0.465 e. The van der Waals surface area contributed by atoms with Crippen molar-refractivity contribution in [2.24, 2.45) is 0 Å². The van der Waals surface area contributed by atoms with Gasteiger partial charge in [-0.15, -0.1) is 11.3 Å². The summed E-state index contributed by atoms with van der Waals surface area (Å²) in [6.07, 6.45) is 0. The van der Waals surface area contributed by atoms with Crippen LogP contribution in [0, 0.1) is 11.3 Å². The third-order valence-corrected chi connectivity index (χ3v) is 5.74. The second kappa shape index (κ2) is 8.09. The molecule has 0 bridgehead atoms. The number of sulfonamides is 1. The van der Waals surface area contributed by atoms with Gasteiger partial charge in [0.2, 0.25) is 0 Å². The molecule has 0 aliphatic heterocycles. The van der Waals surface area contributed by atoms with Gasteiger partial charge in [-0.25, -0.2) is 8.42 Å². The Balaban J connectivity index is 2.99. The Morgan fingerprint density at radius 1 is 1.48 bits per heavy atom. The smallest absolute Gasteiger partial charge is 0.321 e. The molecule has 0 N–H and O–H groups in total. The summed E-state index contributed by atoms with van der Waals surface area (Å²) in [5.74, 6) is -0.630. The van der Waals surface area contributed by atoms with Gasteiger partial charge < -0.3 is 9.47 Å². The highest BCUT2D eigenvalue weighted by Gasteiger charge is 2.28.